The lowest BCUT2D eigenvalue weighted by Crippen LogP contribution is -2.18. The van der Waals surface area contributed by atoms with Gasteiger partial charge in [-0.25, -0.2) is 8.42 Å². The lowest BCUT2D eigenvalue weighted by atomic mass is 9.97. The molecule has 0 spiro atoms. The number of hydrogen-bond donors (Lipinski definition) is 1. The van der Waals surface area contributed by atoms with Crippen LogP contribution in [-0.4, -0.2) is 25.1 Å². The largest absolute Gasteiger partial charge is 0.281 e. The van der Waals surface area contributed by atoms with Gasteiger partial charge in [-0.2, -0.15) is 5.26 Å². The summed E-state index contributed by atoms with van der Waals surface area (Å²) in [5, 5.41) is 11.3. The molecular formula is C25H21N3O3S. The van der Waals surface area contributed by atoms with E-state index >= 15 is 0 Å². The Balaban J connectivity index is 1.83. The van der Waals surface area contributed by atoms with E-state index in [9.17, 15) is 18.5 Å². The van der Waals surface area contributed by atoms with Gasteiger partial charge in [0.15, 0.2) is 9.84 Å². The van der Waals surface area contributed by atoms with Crippen molar-refractivity contribution in [1.29, 1.82) is 5.26 Å². The molecule has 160 valence electrons. The lowest BCUT2D eigenvalue weighted by molar-refractivity contribution is 0.0973. The number of carbonyl (C=O) groups is 1. The second-order valence-corrected chi connectivity index (χ2v) is 9.32. The number of rotatable bonds is 6. The second kappa shape index (κ2) is 10.4. The minimum Gasteiger partial charge on any atom is -0.281 e. The summed E-state index contributed by atoms with van der Waals surface area (Å²) in [5.41, 5.74) is 2.56. The van der Waals surface area contributed by atoms with Crippen molar-refractivity contribution in [1.82, 2.24) is 10.3 Å². The van der Waals surface area contributed by atoms with Crippen LogP contribution in [0.25, 0.3) is 0 Å². The Kier molecular flexibility index (Phi) is 7.38. The van der Waals surface area contributed by atoms with Crippen molar-refractivity contribution in [2.75, 3.05) is 5.75 Å². The molecule has 0 aliphatic rings. The number of sulfone groups is 1. The SMILES string of the molecule is CCS(=O)(=O)C(c1ccccc1)c1ccc(CC#CNC(=O)c2ccncc2)cc1C#N. The molecule has 0 saturated carbocycles. The molecule has 1 amide bonds. The highest BCUT2D eigenvalue weighted by molar-refractivity contribution is 7.91. The summed E-state index contributed by atoms with van der Waals surface area (Å²) in [6.45, 7) is 1.60. The first-order valence-corrected chi connectivity index (χ1v) is 11.7. The molecule has 1 heterocycles. The maximum absolute atomic E-state index is 12.9. The molecule has 1 N–H and O–H groups in total. The van der Waals surface area contributed by atoms with Crippen LogP contribution >= 0.6 is 0 Å². The zero-order valence-corrected chi connectivity index (χ0v) is 18.3. The smallest absolute Gasteiger partial charge is 0.262 e. The first kappa shape index (κ1) is 22.7. The minimum absolute atomic E-state index is 0.0398. The van der Waals surface area contributed by atoms with E-state index in [4.69, 9.17) is 0 Å². The molecule has 1 unspecified atom stereocenters. The maximum Gasteiger partial charge on any atom is 0.262 e. The average Bonchev–Trinajstić information content (AvgIpc) is 2.83. The Labute approximate surface area is 187 Å². The fourth-order valence-corrected chi connectivity index (χ4v) is 4.73. The molecule has 1 aromatic heterocycles. The average molecular weight is 444 g/mol. The van der Waals surface area contributed by atoms with Crippen molar-refractivity contribution in [3.8, 4) is 18.0 Å². The fourth-order valence-electron chi connectivity index (χ4n) is 3.24. The molecule has 7 heteroatoms. The van der Waals surface area contributed by atoms with Gasteiger partial charge < -0.3 is 0 Å². The van der Waals surface area contributed by atoms with Gasteiger partial charge in [-0.05, 0) is 34.9 Å². The Bertz CT molecular complexity index is 1300. The quantitative estimate of drug-likeness (QED) is 0.465. The summed E-state index contributed by atoms with van der Waals surface area (Å²) in [7, 11) is -3.50. The molecule has 0 saturated heterocycles. The van der Waals surface area contributed by atoms with E-state index in [-0.39, 0.29) is 17.2 Å². The van der Waals surface area contributed by atoms with Gasteiger partial charge in [0.1, 0.15) is 5.25 Å². The number of pyridine rings is 1. The predicted octanol–water partition coefficient (Wildman–Crippen LogP) is 3.41. The topological polar surface area (TPSA) is 99.9 Å². The number of benzene rings is 2. The summed E-state index contributed by atoms with van der Waals surface area (Å²) in [5.74, 6) is 2.48. The Morgan fingerprint density at radius 3 is 2.47 bits per heavy atom. The van der Waals surface area contributed by atoms with Crippen LogP contribution in [0.3, 0.4) is 0 Å². The van der Waals surface area contributed by atoms with Gasteiger partial charge in [-0.3, -0.25) is 15.1 Å². The molecule has 0 radical (unpaired) electrons. The van der Waals surface area contributed by atoms with Crippen LogP contribution in [0.5, 0.6) is 0 Å². The zero-order chi connectivity index (χ0) is 23.0. The monoisotopic (exact) mass is 443 g/mol. The molecule has 0 aliphatic carbocycles. The number of nitrogens with zero attached hydrogens (tertiary/aromatic N) is 2. The standard InChI is InChI=1S/C25H21N3O3S/c1-2-32(30,31)24(20-8-4-3-5-9-20)23-11-10-19(17-22(23)18-26)7-6-14-28-25(29)21-12-15-27-16-13-21/h3-5,8-13,15-17,24H,2,7H2,1H3,(H,28,29). The van der Waals surface area contributed by atoms with Crippen LogP contribution in [0.15, 0.2) is 73.1 Å². The van der Waals surface area contributed by atoms with Gasteiger partial charge in [0.2, 0.25) is 0 Å². The zero-order valence-electron chi connectivity index (χ0n) is 17.4. The molecule has 3 rings (SSSR count). The molecule has 32 heavy (non-hydrogen) atoms. The van der Waals surface area contributed by atoms with Crippen LogP contribution in [-0.2, 0) is 16.3 Å². The fraction of sp³-hybridized carbons (Fsp3) is 0.160. The predicted molar refractivity (Wildman–Crippen MR) is 122 cm³/mol. The molecule has 3 aromatic rings. The van der Waals surface area contributed by atoms with Crippen molar-refractivity contribution < 1.29 is 13.2 Å². The molecular weight excluding hydrogens is 422 g/mol. The van der Waals surface area contributed by atoms with E-state index in [0.717, 1.165) is 5.56 Å². The second-order valence-electron chi connectivity index (χ2n) is 6.94. The Hall–Kier alpha value is -3.94. The van der Waals surface area contributed by atoms with E-state index in [1.54, 1.807) is 61.5 Å². The number of amides is 1. The third-order valence-electron chi connectivity index (χ3n) is 4.88. The summed E-state index contributed by atoms with van der Waals surface area (Å²) in [4.78, 5) is 15.9. The number of carbonyl (C=O) groups excluding carboxylic acids is 1. The summed E-state index contributed by atoms with van der Waals surface area (Å²) in [6, 6.07) is 21.9. The molecule has 0 aliphatic heterocycles. The highest BCUT2D eigenvalue weighted by Gasteiger charge is 2.29. The van der Waals surface area contributed by atoms with Crippen LogP contribution in [0.1, 0.15) is 44.8 Å². The maximum atomic E-state index is 12.9. The van der Waals surface area contributed by atoms with Crippen LogP contribution in [0.4, 0.5) is 0 Å². The van der Waals surface area contributed by atoms with E-state index in [0.29, 0.717) is 23.1 Å². The van der Waals surface area contributed by atoms with Crippen LogP contribution < -0.4 is 5.32 Å². The highest BCUT2D eigenvalue weighted by atomic mass is 32.2. The molecule has 0 bridgehead atoms. The summed E-state index contributed by atoms with van der Waals surface area (Å²) in [6.07, 6.45) is 3.34. The van der Waals surface area contributed by atoms with Crippen LogP contribution in [0.2, 0.25) is 0 Å². The van der Waals surface area contributed by atoms with E-state index in [1.807, 2.05) is 6.07 Å². The minimum atomic E-state index is -3.50. The first-order chi connectivity index (χ1) is 15.5. The van der Waals surface area contributed by atoms with Gasteiger partial charge in [0.05, 0.1) is 11.6 Å². The number of nitrogens with one attached hydrogen (secondary N) is 1. The van der Waals surface area contributed by atoms with Crippen LogP contribution in [0, 0.1) is 23.3 Å². The van der Waals surface area contributed by atoms with Gasteiger partial charge in [0.25, 0.3) is 5.91 Å². The van der Waals surface area contributed by atoms with E-state index in [2.05, 4.69) is 28.3 Å². The van der Waals surface area contributed by atoms with Gasteiger partial charge in [-0.1, -0.05) is 55.3 Å². The van der Waals surface area contributed by atoms with E-state index < -0.39 is 15.1 Å². The highest BCUT2D eigenvalue weighted by Crippen LogP contribution is 2.33. The lowest BCUT2D eigenvalue weighted by Gasteiger charge is -2.19. The van der Waals surface area contributed by atoms with Gasteiger partial charge in [0, 0.05) is 36.2 Å². The first-order valence-electron chi connectivity index (χ1n) is 9.94. The van der Waals surface area contributed by atoms with Crippen molar-refractivity contribution >= 4 is 15.7 Å². The van der Waals surface area contributed by atoms with Crippen molar-refractivity contribution in [2.45, 2.75) is 18.6 Å². The van der Waals surface area contributed by atoms with E-state index in [1.165, 1.54) is 12.4 Å². The summed E-state index contributed by atoms with van der Waals surface area (Å²) >= 11 is 0. The van der Waals surface area contributed by atoms with Crippen molar-refractivity contribution in [2.24, 2.45) is 0 Å². The third kappa shape index (κ3) is 5.40. The number of hydrogen-bond acceptors (Lipinski definition) is 5. The van der Waals surface area contributed by atoms with Gasteiger partial charge in [-0.15, -0.1) is 0 Å². The van der Waals surface area contributed by atoms with Crippen molar-refractivity contribution in [3.63, 3.8) is 0 Å². The summed E-state index contributed by atoms with van der Waals surface area (Å²) < 4.78 is 25.7. The number of nitriles is 1. The Morgan fingerprint density at radius 1 is 1.09 bits per heavy atom. The molecule has 2 aromatic carbocycles. The number of aromatic nitrogens is 1. The molecule has 1 atom stereocenters. The Morgan fingerprint density at radius 2 is 1.81 bits per heavy atom. The van der Waals surface area contributed by atoms with Crippen molar-refractivity contribution in [3.05, 3.63) is 101 Å². The molecule has 0 fully saturated rings. The van der Waals surface area contributed by atoms with Gasteiger partial charge >= 0.3 is 0 Å². The normalized spacial score (nSPS) is 11.5. The third-order valence-corrected chi connectivity index (χ3v) is 6.93. The molecule has 6 nitrogen and oxygen atoms in total.